The van der Waals surface area contributed by atoms with Crippen molar-refractivity contribution >= 4 is 0 Å². The lowest BCUT2D eigenvalue weighted by Crippen LogP contribution is -2.32. The highest BCUT2D eigenvalue weighted by Gasteiger charge is 2.28. The third kappa shape index (κ3) is 2.08. The monoisotopic (exact) mass is 249 g/mol. The summed E-state index contributed by atoms with van der Waals surface area (Å²) in [5.41, 5.74) is 1.26. The first-order chi connectivity index (χ1) is 8.79. The van der Waals surface area contributed by atoms with E-state index in [9.17, 15) is 5.11 Å². The number of aliphatic hydroxyl groups excluding tert-OH is 1. The van der Waals surface area contributed by atoms with Crippen molar-refractivity contribution in [2.45, 2.75) is 44.1 Å². The first-order valence-electron chi connectivity index (χ1n) is 7.14. The number of hydrogen-bond donors (Lipinski definition) is 1. The zero-order valence-corrected chi connectivity index (χ0v) is 11.2. The molecule has 0 aromatic carbocycles. The Morgan fingerprint density at radius 3 is 2.94 bits per heavy atom. The summed E-state index contributed by atoms with van der Waals surface area (Å²) in [5, 5.41) is 9.45. The molecule has 0 aliphatic carbocycles. The van der Waals surface area contributed by atoms with Gasteiger partial charge in [0.2, 0.25) is 0 Å². The Balaban J connectivity index is 1.87. The molecular formula is C14H23N3O. The Bertz CT molecular complexity index is 415. The van der Waals surface area contributed by atoms with Gasteiger partial charge in [0.15, 0.2) is 0 Å². The minimum absolute atomic E-state index is 0.260. The third-order valence-electron chi connectivity index (χ3n) is 4.48. The maximum atomic E-state index is 9.45. The van der Waals surface area contributed by atoms with Crippen LogP contribution in [0, 0.1) is 0 Å². The van der Waals surface area contributed by atoms with Crippen molar-refractivity contribution in [3.8, 4) is 0 Å². The van der Waals surface area contributed by atoms with E-state index in [-0.39, 0.29) is 6.61 Å². The van der Waals surface area contributed by atoms with Crippen LogP contribution in [0.3, 0.4) is 0 Å². The molecule has 4 nitrogen and oxygen atoms in total. The fraction of sp³-hybridized carbons (Fsp3) is 0.786. The lowest BCUT2D eigenvalue weighted by Gasteiger charge is -2.31. The second-order valence-electron chi connectivity index (χ2n) is 5.82. The predicted molar refractivity (Wildman–Crippen MR) is 70.8 cm³/mol. The molecule has 100 valence electrons. The summed E-state index contributed by atoms with van der Waals surface area (Å²) in [6.45, 7) is 3.68. The highest BCUT2D eigenvalue weighted by molar-refractivity contribution is 5.16. The summed E-state index contributed by atoms with van der Waals surface area (Å²) in [5.74, 6) is 2.14. The number of likely N-dealkylation sites (tertiary alicyclic amines) is 1. The van der Waals surface area contributed by atoms with E-state index in [1.54, 1.807) is 0 Å². The van der Waals surface area contributed by atoms with Gasteiger partial charge >= 0.3 is 0 Å². The number of imidazole rings is 1. The Morgan fingerprint density at radius 1 is 1.33 bits per heavy atom. The van der Waals surface area contributed by atoms with Crippen molar-refractivity contribution < 1.29 is 5.11 Å². The van der Waals surface area contributed by atoms with E-state index >= 15 is 0 Å². The minimum Gasteiger partial charge on any atom is -0.396 e. The van der Waals surface area contributed by atoms with Crippen LogP contribution >= 0.6 is 0 Å². The molecular weight excluding hydrogens is 226 g/mol. The van der Waals surface area contributed by atoms with Gasteiger partial charge in [-0.25, -0.2) is 4.98 Å². The van der Waals surface area contributed by atoms with Crippen molar-refractivity contribution in [1.29, 1.82) is 0 Å². The van der Waals surface area contributed by atoms with Crippen LogP contribution < -0.4 is 0 Å². The van der Waals surface area contributed by atoms with Gasteiger partial charge in [-0.15, -0.1) is 0 Å². The molecule has 0 radical (unpaired) electrons. The van der Waals surface area contributed by atoms with Crippen LogP contribution in [0.4, 0.5) is 0 Å². The molecule has 1 saturated heterocycles. The normalized spacial score (nSPS) is 29.2. The zero-order chi connectivity index (χ0) is 12.5. The van der Waals surface area contributed by atoms with Crippen LogP contribution in [-0.2, 0) is 6.54 Å². The molecule has 2 atom stereocenters. The molecule has 18 heavy (non-hydrogen) atoms. The second kappa shape index (κ2) is 5.02. The molecule has 1 aromatic heterocycles. The molecule has 0 amide bonds. The average Bonchev–Trinajstić information content (AvgIpc) is 2.82. The molecule has 0 bridgehead atoms. The number of fused-ring (bicyclic) bond motifs is 1. The summed E-state index contributed by atoms with van der Waals surface area (Å²) >= 11 is 0. The largest absolute Gasteiger partial charge is 0.396 e. The number of nitrogens with zero attached hydrogens (tertiary/aromatic N) is 3. The summed E-state index contributed by atoms with van der Waals surface area (Å²) in [4.78, 5) is 7.08. The Labute approximate surface area is 109 Å². The van der Waals surface area contributed by atoms with E-state index in [4.69, 9.17) is 0 Å². The fourth-order valence-corrected chi connectivity index (χ4v) is 3.50. The molecule has 0 spiro atoms. The Morgan fingerprint density at radius 2 is 2.17 bits per heavy atom. The van der Waals surface area contributed by atoms with Crippen LogP contribution in [0.2, 0.25) is 0 Å². The van der Waals surface area contributed by atoms with Crippen LogP contribution in [0.15, 0.2) is 6.20 Å². The number of aliphatic hydroxyl groups is 1. The van der Waals surface area contributed by atoms with Crippen LogP contribution in [-0.4, -0.2) is 46.3 Å². The number of aromatic nitrogens is 2. The van der Waals surface area contributed by atoms with Crippen LogP contribution in [0.25, 0.3) is 0 Å². The number of rotatable bonds is 2. The SMILES string of the molecule is CN1CCCC(c2ncc3n2CCCC3CO)C1. The van der Waals surface area contributed by atoms with Gasteiger partial charge in [0.25, 0.3) is 0 Å². The second-order valence-corrected chi connectivity index (χ2v) is 5.82. The van der Waals surface area contributed by atoms with Crippen molar-refractivity contribution in [2.75, 3.05) is 26.7 Å². The maximum absolute atomic E-state index is 9.45. The lowest BCUT2D eigenvalue weighted by atomic mass is 9.95. The van der Waals surface area contributed by atoms with Gasteiger partial charge in [-0.2, -0.15) is 0 Å². The molecule has 2 unspecified atom stereocenters. The topological polar surface area (TPSA) is 41.3 Å². The average molecular weight is 249 g/mol. The molecule has 4 heteroatoms. The quantitative estimate of drug-likeness (QED) is 0.865. The van der Waals surface area contributed by atoms with Crippen LogP contribution in [0.1, 0.15) is 49.0 Å². The van der Waals surface area contributed by atoms with Crippen molar-refractivity contribution in [3.05, 3.63) is 17.7 Å². The van der Waals surface area contributed by atoms with Gasteiger partial charge in [-0.1, -0.05) is 0 Å². The number of likely N-dealkylation sites (N-methyl/N-ethyl adjacent to an activating group) is 1. The molecule has 1 N–H and O–H groups in total. The van der Waals surface area contributed by atoms with Gasteiger partial charge < -0.3 is 14.6 Å². The lowest BCUT2D eigenvalue weighted by molar-refractivity contribution is 0.229. The molecule has 1 aromatic rings. The summed E-state index contributed by atoms with van der Waals surface area (Å²) in [7, 11) is 2.20. The molecule has 2 aliphatic heterocycles. The summed E-state index contributed by atoms with van der Waals surface area (Å²) in [6, 6.07) is 0. The number of piperidine rings is 1. The first kappa shape index (κ1) is 12.2. The van der Waals surface area contributed by atoms with Crippen molar-refractivity contribution in [2.24, 2.45) is 0 Å². The van der Waals surface area contributed by atoms with Gasteiger partial charge in [0.1, 0.15) is 5.82 Å². The van der Waals surface area contributed by atoms with Gasteiger partial charge in [-0.3, -0.25) is 0 Å². The van der Waals surface area contributed by atoms with Crippen molar-refractivity contribution in [1.82, 2.24) is 14.5 Å². The van der Waals surface area contributed by atoms with E-state index < -0.39 is 0 Å². The number of hydrogen-bond acceptors (Lipinski definition) is 3. The fourth-order valence-electron chi connectivity index (χ4n) is 3.50. The standard InChI is InChI=1S/C14H23N3O/c1-16-6-2-4-11(9-16)14-15-8-13-12(10-18)5-3-7-17(13)14/h8,11-12,18H,2-7,9-10H2,1H3. The highest BCUT2D eigenvalue weighted by Crippen LogP contribution is 2.32. The predicted octanol–water partition coefficient (Wildman–Crippen LogP) is 1.56. The molecule has 1 fully saturated rings. The van der Waals surface area contributed by atoms with E-state index in [0.717, 1.165) is 19.5 Å². The highest BCUT2D eigenvalue weighted by atomic mass is 16.3. The smallest absolute Gasteiger partial charge is 0.113 e. The molecule has 3 rings (SSSR count). The van der Waals surface area contributed by atoms with Crippen LogP contribution in [0.5, 0.6) is 0 Å². The van der Waals surface area contributed by atoms with Gasteiger partial charge in [0.05, 0.1) is 6.61 Å². The third-order valence-corrected chi connectivity index (χ3v) is 4.48. The first-order valence-corrected chi connectivity index (χ1v) is 7.14. The maximum Gasteiger partial charge on any atom is 0.113 e. The minimum atomic E-state index is 0.260. The van der Waals surface area contributed by atoms with E-state index in [1.165, 1.54) is 37.3 Å². The molecule has 2 aliphatic rings. The Kier molecular flexibility index (Phi) is 3.39. The van der Waals surface area contributed by atoms with Crippen molar-refractivity contribution in [3.63, 3.8) is 0 Å². The zero-order valence-electron chi connectivity index (χ0n) is 11.2. The van der Waals surface area contributed by atoms with E-state index in [0.29, 0.717) is 11.8 Å². The van der Waals surface area contributed by atoms with Gasteiger partial charge in [-0.05, 0) is 39.3 Å². The molecule has 0 saturated carbocycles. The summed E-state index contributed by atoms with van der Waals surface area (Å²) < 4.78 is 2.38. The Hall–Kier alpha value is -0.870. The van der Waals surface area contributed by atoms with Gasteiger partial charge in [0, 0.05) is 36.8 Å². The van der Waals surface area contributed by atoms with E-state index in [1.807, 2.05) is 6.20 Å². The molecule has 3 heterocycles. The van der Waals surface area contributed by atoms with E-state index in [2.05, 4.69) is 21.5 Å². The summed E-state index contributed by atoms with van der Waals surface area (Å²) in [6.07, 6.45) is 6.80.